The van der Waals surface area contributed by atoms with Crippen LogP contribution < -0.4 is 5.32 Å². The zero-order valence-electron chi connectivity index (χ0n) is 12.7. The molecule has 0 amide bonds. The number of hydrogen-bond donors (Lipinski definition) is 1. The van der Waals surface area contributed by atoms with E-state index >= 15 is 0 Å². The minimum Gasteiger partial charge on any atom is -0.320 e. The number of rotatable bonds is 6. The third-order valence-electron chi connectivity index (χ3n) is 4.51. The lowest BCUT2D eigenvalue weighted by molar-refractivity contribution is 0.126. The Balaban J connectivity index is 1.93. The van der Waals surface area contributed by atoms with Crippen molar-refractivity contribution in [1.29, 1.82) is 0 Å². The summed E-state index contributed by atoms with van der Waals surface area (Å²) in [6, 6.07) is 8.90. The maximum Gasteiger partial charge on any atom is 0.0409 e. The van der Waals surface area contributed by atoms with E-state index in [2.05, 4.69) is 35.3 Å². The molecule has 1 aliphatic rings. The summed E-state index contributed by atoms with van der Waals surface area (Å²) in [6.07, 6.45) is 5.14. The molecule has 3 heteroatoms. The third-order valence-corrected chi connectivity index (χ3v) is 4.75. The number of benzene rings is 1. The van der Waals surface area contributed by atoms with E-state index in [0.29, 0.717) is 6.04 Å². The summed E-state index contributed by atoms with van der Waals surface area (Å²) in [6.45, 7) is 5.87. The highest BCUT2D eigenvalue weighted by atomic mass is 35.5. The van der Waals surface area contributed by atoms with E-state index in [1.54, 1.807) is 0 Å². The minimum absolute atomic E-state index is 0.527. The summed E-state index contributed by atoms with van der Waals surface area (Å²) in [5.74, 6) is 0.899. The van der Waals surface area contributed by atoms with E-state index in [-0.39, 0.29) is 0 Å². The second-order valence-corrected chi connectivity index (χ2v) is 6.29. The van der Waals surface area contributed by atoms with Gasteiger partial charge in [-0.2, -0.15) is 0 Å². The summed E-state index contributed by atoms with van der Waals surface area (Å²) < 4.78 is 0. The van der Waals surface area contributed by atoms with Crippen molar-refractivity contribution < 1.29 is 0 Å². The first-order chi connectivity index (χ1) is 9.74. The molecule has 1 aromatic rings. The average Bonchev–Trinajstić information content (AvgIpc) is 2.47. The van der Waals surface area contributed by atoms with Gasteiger partial charge in [0.1, 0.15) is 0 Å². The molecular formula is C17H27ClN2. The van der Waals surface area contributed by atoms with E-state index < -0.39 is 0 Å². The van der Waals surface area contributed by atoms with Crippen molar-refractivity contribution in [2.75, 3.05) is 26.7 Å². The van der Waals surface area contributed by atoms with E-state index in [1.165, 1.54) is 37.9 Å². The van der Waals surface area contributed by atoms with Crippen LogP contribution in [0.3, 0.4) is 0 Å². The SMILES string of the molecule is CCC(c1cccc(Cl)c1)N1CCC(CCNC)CC1. The van der Waals surface area contributed by atoms with E-state index in [1.807, 2.05) is 13.1 Å². The molecule has 1 aromatic carbocycles. The van der Waals surface area contributed by atoms with Gasteiger partial charge in [0, 0.05) is 11.1 Å². The van der Waals surface area contributed by atoms with Gasteiger partial charge in [-0.3, -0.25) is 4.90 Å². The highest BCUT2D eigenvalue weighted by molar-refractivity contribution is 6.30. The van der Waals surface area contributed by atoms with Crippen LogP contribution in [0.1, 0.15) is 44.2 Å². The van der Waals surface area contributed by atoms with Gasteiger partial charge in [0.25, 0.3) is 0 Å². The number of hydrogen-bond acceptors (Lipinski definition) is 2. The topological polar surface area (TPSA) is 15.3 Å². The van der Waals surface area contributed by atoms with E-state index in [9.17, 15) is 0 Å². The standard InChI is InChI=1S/C17H27ClN2/c1-3-17(15-5-4-6-16(18)13-15)20-11-8-14(9-12-20)7-10-19-2/h4-6,13-14,17,19H,3,7-12H2,1-2H3. The number of nitrogens with one attached hydrogen (secondary N) is 1. The van der Waals surface area contributed by atoms with Crippen molar-refractivity contribution in [2.24, 2.45) is 5.92 Å². The number of piperidine rings is 1. The van der Waals surface area contributed by atoms with Gasteiger partial charge in [-0.25, -0.2) is 0 Å². The fraction of sp³-hybridized carbons (Fsp3) is 0.647. The molecule has 1 N–H and O–H groups in total. The van der Waals surface area contributed by atoms with Gasteiger partial charge in [-0.15, -0.1) is 0 Å². The van der Waals surface area contributed by atoms with Gasteiger partial charge >= 0.3 is 0 Å². The van der Waals surface area contributed by atoms with Gasteiger partial charge < -0.3 is 5.32 Å². The molecule has 1 fully saturated rings. The monoisotopic (exact) mass is 294 g/mol. The Labute approximate surface area is 128 Å². The van der Waals surface area contributed by atoms with Crippen molar-refractivity contribution in [3.63, 3.8) is 0 Å². The quantitative estimate of drug-likeness (QED) is 0.849. The van der Waals surface area contributed by atoms with Gasteiger partial charge in [0.05, 0.1) is 0 Å². The summed E-state index contributed by atoms with van der Waals surface area (Å²) in [4.78, 5) is 2.64. The lowest BCUT2D eigenvalue weighted by Crippen LogP contribution is -2.37. The molecule has 0 bridgehead atoms. The predicted molar refractivity (Wildman–Crippen MR) is 87.3 cm³/mol. The first-order valence-corrected chi connectivity index (χ1v) is 8.26. The molecule has 0 aromatic heterocycles. The lowest BCUT2D eigenvalue weighted by Gasteiger charge is -2.37. The van der Waals surface area contributed by atoms with Crippen LogP contribution in [0.15, 0.2) is 24.3 Å². The Morgan fingerprint density at radius 2 is 2.10 bits per heavy atom. The highest BCUT2D eigenvalue weighted by Gasteiger charge is 2.24. The van der Waals surface area contributed by atoms with Crippen LogP contribution in [0, 0.1) is 5.92 Å². The molecule has 1 unspecified atom stereocenters. The van der Waals surface area contributed by atoms with Gasteiger partial charge in [-0.05, 0) is 76.0 Å². The van der Waals surface area contributed by atoms with Crippen LogP contribution in [0.2, 0.25) is 5.02 Å². The first kappa shape index (κ1) is 15.8. The van der Waals surface area contributed by atoms with E-state index in [4.69, 9.17) is 11.6 Å². The molecule has 20 heavy (non-hydrogen) atoms. The highest BCUT2D eigenvalue weighted by Crippen LogP contribution is 2.31. The van der Waals surface area contributed by atoms with Gasteiger partial charge in [-0.1, -0.05) is 30.7 Å². The van der Waals surface area contributed by atoms with Gasteiger partial charge in [0.15, 0.2) is 0 Å². The van der Waals surface area contributed by atoms with Crippen LogP contribution in [-0.2, 0) is 0 Å². The van der Waals surface area contributed by atoms with Crippen molar-refractivity contribution in [2.45, 2.75) is 38.6 Å². The summed E-state index contributed by atoms with van der Waals surface area (Å²) >= 11 is 6.14. The summed E-state index contributed by atoms with van der Waals surface area (Å²) in [7, 11) is 2.04. The second kappa shape index (κ2) is 8.02. The zero-order valence-corrected chi connectivity index (χ0v) is 13.5. The molecule has 1 heterocycles. The Hall–Kier alpha value is -0.570. The maximum absolute atomic E-state index is 6.14. The fourth-order valence-electron chi connectivity index (χ4n) is 3.32. The normalized spacial score (nSPS) is 19.1. The van der Waals surface area contributed by atoms with Crippen LogP contribution in [0.25, 0.3) is 0 Å². The molecule has 0 spiro atoms. The molecule has 2 nitrogen and oxygen atoms in total. The molecule has 1 atom stereocenters. The number of halogens is 1. The van der Waals surface area contributed by atoms with E-state index in [0.717, 1.165) is 23.9 Å². The summed E-state index contributed by atoms with van der Waals surface area (Å²) in [5.41, 5.74) is 1.37. The summed E-state index contributed by atoms with van der Waals surface area (Å²) in [5, 5.41) is 4.12. The number of likely N-dealkylation sites (tertiary alicyclic amines) is 1. The maximum atomic E-state index is 6.14. The molecule has 1 aliphatic heterocycles. The Morgan fingerprint density at radius 1 is 1.35 bits per heavy atom. The van der Waals surface area contributed by atoms with Crippen LogP contribution in [0.4, 0.5) is 0 Å². The molecule has 2 rings (SSSR count). The molecule has 0 radical (unpaired) electrons. The first-order valence-electron chi connectivity index (χ1n) is 7.88. The van der Waals surface area contributed by atoms with Crippen molar-refractivity contribution >= 4 is 11.6 Å². The average molecular weight is 295 g/mol. The van der Waals surface area contributed by atoms with Gasteiger partial charge in [0.2, 0.25) is 0 Å². The molecule has 0 saturated carbocycles. The van der Waals surface area contributed by atoms with Crippen LogP contribution >= 0.6 is 11.6 Å². The molecule has 112 valence electrons. The van der Waals surface area contributed by atoms with Crippen molar-refractivity contribution in [3.05, 3.63) is 34.9 Å². The second-order valence-electron chi connectivity index (χ2n) is 5.85. The largest absolute Gasteiger partial charge is 0.320 e. The molecule has 1 saturated heterocycles. The Bertz CT molecular complexity index is 400. The van der Waals surface area contributed by atoms with Crippen molar-refractivity contribution in [3.8, 4) is 0 Å². The Morgan fingerprint density at radius 3 is 2.70 bits per heavy atom. The van der Waals surface area contributed by atoms with Crippen LogP contribution in [-0.4, -0.2) is 31.6 Å². The minimum atomic E-state index is 0.527. The van der Waals surface area contributed by atoms with Crippen LogP contribution in [0.5, 0.6) is 0 Å². The molecular weight excluding hydrogens is 268 g/mol. The molecule has 0 aliphatic carbocycles. The number of nitrogens with zero attached hydrogens (tertiary/aromatic N) is 1. The van der Waals surface area contributed by atoms with Crippen molar-refractivity contribution in [1.82, 2.24) is 10.2 Å². The smallest absolute Gasteiger partial charge is 0.0409 e. The fourth-order valence-corrected chi connectivity index (χ4v) is 3.52. The lowest BCUT2D eigenvalue weighted by atomic mass is 9.91. The predicted octanol–water partition coefficient (Wildman–Crippen LogP) is 4.11. The third kappa shape index (κ3) is 4.21. The Kier molecular flexibility index (Phi) is 6.34. The zero-order chi connectivity index (χ0) is 14.4.